The molecule has 0 aliphatic heterocycles. The average molecular weight is 276 g/mol. The van der Waals surface area contributed by atoms with E-state index in [4.69, 9.17) is 11.6 Å². The van der Waals surface area contributed by atoms with Crippen LogP contribution in [0.5, 0.6) is 0 Å². The molecule has 2 aromatic heterocycles. The van der Waals surface area contributed by atoms with Gasteiger partial charge in [-0.3, -0.25) is 9.89 Å². The minimum absolute atomic E-state index is 0.205. The van der Waals surface area contributed by atoms with Crippen LogP contribution in [-0.4, -0.2) is 26.1 Å². The largest absolute Gasteiger partial charge is 0.351 e. The Kier molecular flexibility index (Phi) is 2.92. The number of fused-ring (bicyclic) bond motifs is 1. The summed E-state index contributed by atoms with van der Waals surface area (Å²) in [5, 5.41) is 10.7. The molecule has 3 aromatic rings. The number of benzene rings is 1. The van der Waals surface area contributed by atoms with Crippen LogP contribution in [0.15, 0.2) is 30.6 Å². The van der Waals surface area contributed by atoms with E-state index in [0.717, 1.165) is 10.9 Å². The van der Waals surface area contributed by atoms with Gasteiger partial charge in [0.05, 0.1) is 6.54 Å². The summed E-state index contributed by atoms with van der Waals surface area (Å²) in [5.74, 6) is 0.399. The van der Waals surface area contributed by atoms with Gasteiger partial charge >= 0.3 is 0 Å². The summed E-state index contributed by atoms with van der Waals surface area (Å²) in [4.78, 5) is 18.9. The SMILES string of the molecule is O=C(NCc1ncn[nH]1)c1cc2cc(Cl)ccc2[nH]1. The average Bonchev–Trinajstić information content (AvgIpc) is 3.04. The zero-order chi connectivity index (χ0) is 13.2. The Morgan fingerprint density at radius 3 is 3.05 bits per heavy atom. The van der Waals surface area contributed by atoms with Crippen molar-refractivity contribution in [3.8, 4) is 0 Å². The number of rotatable bonds is 3. The summed E-state index contributed by atoms with van der Waals surface area (Å²) < 4.78 is 0. The number of amides is 1. The van der Waals surface area contributed by atoms with E-state index in [9.17, 15) is 4.79 Å². The molecule has 3 N–H and O–H groups in total. The van der Waals surface area contributed by atoms with Crippen LogP contribution in [0.4, 0.5) is 0 Å². The number of aromatic amines is 2. The third-order valence-electron chi connectivity index (χ3n) is 2.71. The van der Waals surface area contributed by atoms with Crippen LogP contribution in [0.3, 0.4) is 0 Å². The number of nitrogens with zero attached hydrogens (tertiary/aromatic N) is 2. The fourth-order valence-electron chi connectivity index (χ4n) is 1.80. The topological polar surface area (TPSA) is 86.5 Å². The predicted molar refractivity (Wildman–Crippen MR) is 70.9 cm³/mol. The third-order valence-corrected chi connectivity index (χ3v) is 2.94. The van der Waals surface area contributed by atoms with E-state index in [-0.39, 0.29) is 5.91 Å². The smallest absolute Gasteiger partial charge is 0.268 e. The Morgan fingerprint density at radius 1 is 1.37 bits per heavy atom. The molecular weight excluding hydrogens is 266 g/mol. The van der Waals surface area contributed by atoms with Crippen LogP contribution >= 0.6 is 11.6 Å². The van der Waals surface area contributed by atoms with Crippen LogP contribution in [0.25, 0.3) is 10.9 Å². The summed E-state index contributed by atoms with van der Waals surface area (Å²) in [7, 11) is 0. The lowest BCUT2D eigenvalue weighted by Gasteiger charge is -1.99. The fourth-order valence-corrected chi connectivity index (χ4v) is 1.98. The number of hydrogen-bond acceptors (Lipinski definition) is 3. The quantitative estimate of drug-likeness (QED) is 0.682. The number of aromatic nitrogens is 4. The van der Waals surface area contributed by atoms with E-state index in [1.165, 1.54) is 6.33 Å². The molecule has 7 heteroatoms. The molecule has 0 radical (unpaired) electrons. The fraction of sp³-hybridized carbons (Fsp3) is 0.0833. The zero-order valence-electron chi connectivity index (χ0n) is 9.77. The molecule has 0 unspecified atom stereocenters. The summed E-state index contributed by atoms with van der Waals surface area (Å²) in [5.41, 5.74) is 1.35. The molecule has 0 saturated heterocycles. The van der Waals surface area contributed by atoms with Gasteiger partial charge in [-0.2, -0.15) is 5.10 Å². The molecule has 0 spiro atoms. The van der Waals surface area contributed by atoms with Gasteiger partial charge in [-0.15, -0.1) is 0 Å². The number of carbonyl (C=O) groups excluding carboxylic acids is 1. The molecule has 96 valence electrons. The number of carbonyl (C=O) groups is 1. The van der Waals surface area contributed by atoms with Crippen molar-refractivity contribution in [3.63, 3.8) is 0 Å². The first-order valence-corrected chi connectivity index (χ1v) is 6.01. The van der Waals surface area contributed by atoms with Gasteiger partial charge < -0.3 is 10.3 Å². The van der Waals surface area contributed by atoms with Crippen molar-refractivity contribution in [1.82, 2.24) is 25.5 Å². The molecule has 2 heterocycles. The normalized spacial score (nSPS) is 10.8. The van der Waals surface area contributed by atoms with Crippen molar-refractivity contribution in [1.29, 1.82) is 0 Å². The first kappa shape index (κ1) is 11.7. The molecule has 0 fully saturated rings. The summed E-state index contributed by atoms with van der Waals surface area (Å²) in [6.45, 7) is 0.301. The van der Waals surface area contributed by atoms with E-state index in [0.29, 0.717) is 23.1 Å². The highest BCUT2D eigenvalue weighted by atomic mass is 35.5. The van der Waals surface area contributed by atoms with Gasteiger partial charge in [0.15, 0.2) is 0 Å². The van der Waals surface area contributed by atoms with Crippen molar-refractivity contribution in [3.05, 3.63) is 47.1 Å². The van der Waals surface area contributed by atoms with Crippen molar-refractivity contribution >= 4 is 28.4 Å². The van der Waals surface area contributed by atoms with E-state index >= 15 is 0 Å². The molecule has 0 aliphatic rings. The standard InChI is InChI=1S/C12H10ClN5O/c13-8-1-2-9-7(3-8)4-10(17-9)12(19)14-5-11-15-6-16-18-11/h1-4,6,17H,5H2,(H,14,19)(H,15,16,18). The van der Waals surface area contributed by atoms with E-state index in [1.54, 1.807) is 18.2 Å². The van der Waals surface area contributed by atoms with Gasteiger partial charge in [0, 0.05) is 15.9 Å². The lowest BCUT2D eigenvalue weighted by molar-refractivity contribution is 0.0946. The van der Waals surface area contributed by atoms with Crippen LogP contribution in [-0.2, 0) is 6.54 Å². The Balaban J connectivity index is 1.77. The zero-order valence-corrected chi connectivity index (χ0v) is 10.5. The molecule has 0 aliphatic carbocycles. The highest BCUT2D eigenvalue weighted by Crippen LogP contribution is 2.19. The second-order valence-electron chi connectivity index (χ2n) is 4.03. The van der Waals surface area contributed by atoms with Gasteiger partial charge in [-0.05, 0) is 24.3 Å². The molecule has 1 amide bonds. The second-order valence-corrected chi connectivity index (χ2v) is 4.47. The molecule has 19 heavy (non-hydrogen) atoms. The number of H-pyrrole nitrogens is 2. The Bertz CT molecular complexity index is 719. The number of halogens is 1. The summed E-state index contributed by atoms with van der Waals surface area (Å²) in [6.07, 6.45) is 1.40. The van der Waals surface area contributed by atoms with Crippen molar-refractivity contribution in [2.24, 2.45) is 0 Å². The van der Waals surface area contributed by atoms with Crippen LogP contribution in [0.2, 0.25) is 5.02 Å². The van der Waals surface area contributed by atoms with E-state index < -0.39 is 0 Å². The maximum atomic E-state index is 12.0. The molecule has 6 nitrogen and oxygen atoms in total. The molecular formula is C12H10ClN5O. The van der Waals surface area contributed by atoms with Gasteiger partial charge in [-0.25, -0.2) is 4.98 Å². The van der Waals surface area contributed by atoms with Gasteiger partial charge in [0.2, 0.25) is 0 Å². The minimum atomic E-state index is -0.205. The van der Waals surface area contributed by atoms with E-state index in [2.05, 4.69) is 25.5 Å². The highest BCUT2D eigenvalue weighted by molar-refractivity contribution is 6.31. The third kappa shape index (κ3) is 2.43. The lowest BCUT2D eigenvalue weighted by atomic mass is 10.2. The highest BCUT2D eigenvalue weighted by Gasteiger charge is 2.09. The molecule has 3 rings (SSSR count). The first-order valence-electron chi connectivity index (χ1n) is 5.63. The van der Waals surface area contributed by atoms with E-state index in [1.807, 2.05) is 6.07 Å². The minimum Gasteiger partial charge on any atom is -0.351 e. The van der Waals surface area contributed by atoms with Crippen molar-refractivity contribution < 1.29 is 4.79 Å². The maximum Gasteiger partial charge on any atom is 0.268 e. The Hall–Kier alpha value is -2.34. The first-order chi connectivity index (χ1) is 9.22. The molecule has 0 saturated carbocycles. The lowest BCUT2D eigenvalue weighted by Crippen LogP contribution is -2.23. The van der Waals surface area contributed by atoms with Gasteiger partial charge in [0.25, 0.3) is 5.91 Å². The Labute approximate surface area is 113 Å². The van der Waals surface area contributed by atoms with Crippen LogP contribution in [0.1, 0.15) is 16.3 Å². The van der Waals surface area contributed by atoms with Crippen molar-refractivity contribution in [2.75, 3.05) is 0 Å². The number of hydrogen-bond donors (Lipinski definition) is 3. The molecule has 1 aromatic carbocycles. The second kappa shape index (κ2) is 4.74. The van der Waals surface area contributed by atoms with Crippen molar-refractivity contribution in [2.45, 2.75) is 6.54 Å². The van der Waals surface area contributed by atoms with Gasteiger partial charge in [0.1, 0.15) is 17.8 Å². The molecule has 0 atom stereocenters. The van der Waals surface area contributed by atoms with Gasteiger partial charge in [-0.1, -0.05) is 11.6 Å². The monoisotopic (exact) mass is 275 g/mol. The van der Waals surface area contributed by atoms with Crippen LogP contribution < -0.4 is 5.32 Å². The Morgan fingerprint density at radius 2 is 2.26 bits per heavy atom. The summed E-state index contributed by atoms with van der Waals surface area (Å²) in [6, 6.07) is 7.18. The van der Waals surface area contributed by atoms with Crippen LogP contribution in [0, 0.1) is 0 Å². The maximum absolute atomic E-state index is 12.0. The number of nitrogens with one attached hydrogen (secondary N) is 3. The summed E-state index contributed by atoms with van der Waals surface area (Å²) >= 11 is 5.90. The molecule has 0 bridgehead atoms. The predicted octanol–water partition coefficient (Wildman–Crippen LogP) is 1.87.